The van der Waals surface area contributed by atoms with Gasteiger partial charge in [0.1, 0.15) is 5.75 Å². The number of nitrogen functional groups attached to an aromatic ring is 1. The number of anilines is 1. The highest BCUT2D eigenvalue weighted by Gasteiger charge is 2.17. The third-order valence-electron chi connectivity index (χ3n) is 3.45. The molecule has 98 valence electrons. The molecule has 18 heavy (non-hydrogen) atoms. The van der Waals surface area contributed by atoms with Gasteiger partial charge in [0.05, 0.1) is 19.3 Å². The molecule has 0 atom stereocenters. The summed E-state index contributed by atoms with van der Waals surface area (Å²) in [5.41, 5.74) is 6.49. The molecule has 1 aliphatic rings. The van der Waals surface area contributed by atoms with Crippen molar-refractivity contribution < 1.29 is 14.3 Å². The lowest BCUT2D eigenvalue weighted by molar-refractivity contribution is 0.0601. The molecule has 1 aromatic rings. The van der Waals surface area contributed by atoms with E-state index in [-0.39, 0.29) is 0 Å². The largest absolute Gasteiger partial charge is 0.494 e. The van der Waals surface area contributed by atoms with Crippen molar-refractivity contribution in [3.63, 3.8) is 0 Å². The van der Waals surface area contributed by atoms with E-state index in [1.54, 1.807) is 18.2 Å². The van der Waals surface area contributed by atoms with Gasteiger partial charge in [-0.3, -0.25) is 0 Å². The van der Waals surface area contributed by atoms with E-state index in [0.717, 1.165) is 12.3 Å². The molecule has 0 unspecified atom stereocenters. The van der Waals surface area contributed by atoms with Crippen LogP contribution in [0.2, 0.25) is 0 Å². The lowest BCUT2D eigenvalue weighted by atomic mass is 9.83. The molecule has 0 radical (unpaired) electrons. The Morgan fingerprint density at radius 2 is 2.22 bits per heavy atom. The number of carbonyl (C=O) groups excluding carboxylic acids is 1. The van der Waals surface area contributed by atoms with Gasteiger partial charge in [0, 0.05) is 5.69 Å². The topological polar surface area (TPSA) is 61.5 Å². The minimum atomic E-state index is -0.433. The summed E-state index contributed by atoms with van der Waals surface area (Å²) in [6, 6.07) is 5.09. The summed E-state index contributed by atoms with van der Waals surface area (Å²) in [4.78, 5) is 11.5. The molecular formula is C14H19NO3. The van der Waals surface area contributed by atoms with Crippen LogP contribution in [0.5, 0.6) is 5.75 Å². The minimum absolute atomic E-state index is 0.360. The summed E-state index contributed by atoms with van der Waals surface area (Å²) in [6.07, 6.45) is 5.06. The van der Waals surface area contributed by atoms with E-state index >= 15 is 0 Å². The summed E-state index contributed by atoms with van der Waals surface area (Å²) in [7, 11) is 1.34. The fraction of sp³-hybridized carbons (Fsp3) is 0.500. The second kappa shape index (κ2) is 5.76. The minimum Gasteiger partial charge on any atom is -0.494 e. The number of ether oxygens (including phenoxy) is 2. The maximum absolute atomic E-state index is 11.5. The van der Waals surface area contributed by atoms with Crippen LogP contribution in [0.3, 0.4) is 0 Å². The summed E-state index contributed by atoms with van der Waals surface area (Å²) >= 11 is 0. The van der Waals surface area contributed by atoms with Gasteiger partial charge < -0.3 is 15.2 Å². The van der Waals surface area contributed by atoms with E-state index in [1.807, 2.05) is 0 Å². The predicted octanol–water partition coefficient (Wildman–Crippen LogP) is 2.62. The normalized spacial score (nSPS) is 14.9. The molecule has 0 spiro atoms. The van der Waals surface area contributed by atoms with Gasteiger partial charge >= 0.3 is 5.97 Å². The Bertz CT molecular complexity index is 427. The quantitative estimate of drug-likeness (QED) is 0.643. The van der Waals surface area contributed by atoms with Crippen LogP contribution in [-0.2, 0) is 4.74 Å². The maximum atomic E-state index is 11.5. The van der Waals surface area contributed by atoms with Crippen LogP contribution >= 0.6 is 0 Å². The molecule has 2 rings (SSSR count). The highest BCUT2D eigenvalue weighted by molar-refractivity contribution is 5.95. The third-order valence-corrected chi connectivity index (χ3v) is 3.45. The summed E-state index contributed by atoms with van der Waals surface area (Å²) < 4.78 is 10.3. The van der Waals surface area contributed by atoms with E-state index < -0.39 is 5.97 Å². The van der Waals surface area contributed by atoms with Gasteiger partial charge in [-0.15, -0.1) is 0 Å². The van der Waals surface area contributed by atoms with Gasteiger partial charge in [-0.25, -0.2) is 4.79 Å². The molecule has 4 heteroatoms. The molecule has 2 N–H and O–H groups in total. The van der Waals surface area contributed by atoms with Crippen molar-refractivity contribution in [1.29, 1.82) is 0 Å². The lowest BCUT2D eigenvalue weighted by Gasteiger charge is -2.25. The molecule has 1 fully saturated rings. The zero-order valence-corrected chi connectivity index (χ0v) is 10.6. The molecule has 0 heterocycles. The second-order valence-corrected chi connectivity index (χ2v) is 4.67. The Labute approximate surface area is 107 Å². The number of methoxy groups -OCH3 is 1. The van der Waals surface area contributed by atoms with Gasteiger partial charge in [-0.05, 0) is 30.5 Å². The predicted molar refractivity (Wildman–Crippen MR) is 69.6 cm³/mol. The molecular weight excluding hydrogens is 230 g/mol. The summed E-state index contributed by atoms with van der Waals surface area (Å²) in [5.74, 6) is 1.06. The highest BCUT2D eigenvalue weighted by Crippen LogP contribution is 2.29. The molecule has 1 aliphatic carbocycles. The van der Waals surface area contributed by atoms with Crippen LogP contribution in [0.25, 0.3) is 0 Å². The first-order chi connectivity index (χ1) is 8.70. The molecule has 1 saturated carbocycles. The van der Waals surface area contributed by atoms with Crippen LogP contribution in [0.1, 0.15) is 36.0 Å². The van der Waals surface area contributed by atoms with Crippen LogP contribution < -0.4 is 10.5 Å². The van der Waals surface area contributed by atoms with Crippen LogP contribution in [-0.4, -0.2) is 19.7 Å². The fourth-order valence-corrected chi connectivity index (χ4v) is 2.04. The standard InChI is InChI=1S/C14H19NO3/c1-17-14(16)12-9-11(5-6-13(12)15)18-8-7-10-3-2-4-10/h5-6,9-10H,2-4,7-8,15H2,1H3. The zero-order valence-electron chi connectivity index (χ0n) is 10.6. The third kappa shape index (κ3) is 2.94. The molecule has 0 saturated heterocycles. The number of hydrogen-bond donors (Lipinski definition) is 1. The number of nitrogens with two attached hydrogens (primary N) is 1. The van der Waals surface area contributed by atoms with Crippen molar-refractivity contribution in [3.8, 4) is 5.75 Å². The van der Waals surface area contributed by atoms with Gasteiger partial charge in [0.25, 0.3) is 0 Å². The molecule has 0 aromatic heterocycles. The summed E-state index contributed by atoms with van der Waals surface area (Å²) in [5, 5.41) is 0. The monoisotopic (exact) mass is 249 g/mol. The number of carbonyl (C=O) groups is 1. The Morgan fingerprint density at radius 1 is 1.44 bits per heavy atom. The van der Waals surface area contributed by atoms with E-state index in [1.165, 1.54) is 26.4 Å². The average molecular weight is 249 g/mol. The zero-order chi connectivity index (χ0) is 13.0. The molecule has 0 amide bonds. The molecule has 1 aromatic carbocycles. The van der Waals surface area contributed by atoms with Crippen LogP contribution in [0, 0.1) is 5.92 Å². The average Bonchev–Trinajstić information content (AvgIpc) is 2.33. The first-order valence-corrected chi connectivity index (χ1v) is 6.31. The van der Waals surface area contributed by atoms with Crippen LogP contribution in [0.4, 0.5) is 5.69 Å². The first kappa shape index (κ1) is 12.7. The van der Waals surface area contributed by atoms with Crippen molar-refractivity contribution in [2.45, 2.75) is 25.7 Å². The van der Waals surface area contributed by atoms with Gasteiger partial charge in [0.2, 0.25) is 0 Å². The lowest BCUT2D eigenvalue weighted by Crippen LogP contribution is -2.14. The number of rotatable bonds is 5. The van der Waals surface area contributed by atoms with Gasteiger partial charge in [-0.1, -0.05) is 19.3 Å². The van der Waals surface area contributed by atoms with Crippen LogP contribution in [0.15, 0.2) is 18.2 Å². The first-order valence-electron chi connectivity index (χ1n) is 6.31. The van der Waals surface area contributed by atoms with E-state index in [0.29, 0.717) is 23.6 Å². The fourth-order valence-electron chi connectivity index (χ4n) is 2.04. The summed E-state index contributed by atoms with van der Waals surface area (Å²) in [6.45, 7) is 0.690. The molecule has 4 nitrogen and oxygen atoms in total. The Morgan fingerprint density at radius 3 is 2.83 bits per heavy atom. The number of esters is 1. The van der Waals surface area contributed by atoms with Crippen molar-refractivity contribution in [2.24, 2.45) is 5.92 Å². The molecule has 0 aliphatic heterocycles. The van der Waals surface area contributed by atoms with Crippen molar-refractivity contribution in [1.82, 2.24) is 0 Å². The number of hydrogen-bond acceptors (Lipinski definition) is 4. The SMILES string of the molecule is COC(=O)c1cc(OCCC2CCC2)ccc1N. The van der Waals surface area contributed by atoms with Gasteiger partial charge in [0.15, 0.2) is 0 Å². The van der Waals surface area contributed by atoms with E-state index in [9.17, 15) is 4.79 Å². The Kier molecular flexibility index (Phi) is 4.07. The molecule has 0 bridgehead atoms. The second-order valence-electron chi connectivity index (χ2n) is 4.67. The van der Waals surface area contributed by atoms with Gasteiger partial charge in [-0.2, -0.15) is 0 Å². The van der Waals surface area contributed by atoms with Crippen molar-refractivity contribution in [3.05, 3.63) is 23.8 Å². The van der Waals surface area contributed by atoms with E-state index in [2.05, 4.69) is 4.74 Å². The van der Waals surface area contributed by atoms with E-state index in [4.69, 9.17) is 10.5 Å². The maximum Gasteiger partial charge on any atom is 0.340 e. The number of benzene rings is 1. The Hall–Kier alpha value is -1.71. The highest BCUT2D eigenvalue weighted by atomic mass is 16.5. The van der Waals surface area contributed by atoms with Crippen molar-refractivity contribution in [2.75, 3.05) is 19.5 Å². The van der Waals surface area contributed by atoms with Crippen molar-refractivity contribution >= 4 is 11.7 Å². The Balaban J connectivity index is 1.93. The smallest absolute Gasteiger partial charge is 0.340 e.